The topological polar surface area (TPSA) is 58.8 Å². The summed E-state index contributed by atoms with van der Waals surface area (Å²) in [6, 6.07) is 14.5. The number of oxazole rings is 1. The minimum absolute atomic E-state index is 0.255. The number of para-hydroxylation sites is 2. The number of carbonyl (C=O) groups is 1. The maximum absolute atomic E-state index is 11.9. The number of amides is 1. The van der Waals surface area contributed by atoms with Crippen LogP contribution in [0.25, 0.3) is 11.1 Å². The summed E-state index contributed by atoms with van der Waals surface area (Å²) in [5.74, 6) is 0. The molecular weight excluding hydrogens is 318 g/mol. The molecule has 0 radical (unpaired) electrons. The molecule has 6 heteroatoms. The average Bonchev–Trinajstić information content (AvgIpc) is 3.26. The zero-order valence-electron chi connectivity index (χ0n) is 13.6. The molecule has 2 aliphatic rings. The molecule has 0 N–H and O–H groups in total. The van der Waals surface area contributed by atoms with E-state index in [2.05, 4.69) is 16.0 Å². The van der Waals surface area contributed by atoms with Crippen molar-refractivity contribution < 1.29 is 13.9 Å². The van der Waals surface area contributed by atoms with E-state index >= 15 is 0 Å². The highest BCUT2D eigenvalue weighted by Crippen LogP contribution is 2.33. The zero-order valence-corrected chi connectivity index (χ0v) is 13.6. The monoisotopic (exact) mass is 335 g/mol. The molecule has 3 aromatic rings. The fourth-order valence-electron chi connectivity index (χ4n) is 3.61. The number of nitrogens with zero attached hydrogens (tertiary/aromatic N) is 3. The van der Waals surface area contributed by atoms with Crippen LogP contribution in [0.5, 0.6) is 0 Å². The van der Waals surface area contributed by atoms with Crippen molar-refractivity contribution in [3.05, 3.63) is 53.6 Å². The van der Waals surface area contributed by atoms with Gasteiger partial charge in [-0.05, 0) is 35.7 Å². The summed E-state index contributed by atoms with van der Waals surface area (Å²) in [6.45, 7) is 2.60. The van der Waals surface area contributed by atoms with E-state index in [4.69, 9.17) is 9.15 Å². The summed E-state index contributed by atoms with van der Waals surface area (Å²) in [4.78, 5) is 20.4. The Morgan fingerprint density at radius 1 is 1.04 bits per heavy atom. The maximum atomic E-state index is 11.9. The van der Waals surface area contributed by atoms with Crippen LogP contribution < -0.4 is 9.80 Å². The summed E-state index contributed by atoms with van der Waals surface area (Å²) in [7, 11) is 0. The second-order valence-electron chi connectivity index (χ2n) is 6.32. The van der Waals surface area contributed by atoms with Crippen molar-refractivity contribution in [2.75, 3.05) is 29.5 Å². The summed E-state index contributed by atoms with van der Waals surface area (Å²) >= 11 is 0. The smallest absolute Gasteiger partial charge is 0.414 e. The summed E-state index contributed by atoms with van der Waals surface area (Å²) < 4.78 is 11.0. The number of rotatable bonds is 2. The van der Waals surface area contributed by atoms with Crippen LogP contribution in [0.15, 0.2) is 46.9 Å². The van der Waals surface area contributed by atoms with E-state index in [1.165, 1.54) is 11.1 Å². The molecule has 5 rings (SSSR count). The number of hydrogen-bond donors (Lipinski definition) is 0. The van der Waals surface area contributed by atoms with Crippen LogP contribution in [0.1, 0.15) is 11.1 Å². The van der Waals surface area contributed by atoms with Gasteiger partial charge in [-0.25, -0.2) is 4.79 Å². The van der Waals surface area contributed by atoms with Crippen molar-refractivity contribution in [1.29, 1.82) is 0 Å². The average molecular weight is 335 g/mol. The highest BCUT2D eigenvalue weighted by atomic mass is 16.6. The molecule has 0 aliphatic carbocycles. The molecule has 126 valence electrons. The predicted octanol–water partition coefficient (Wildman–Crippen LogP) is 3.35. The lowest BCUT2D eigenvalue weighted by Crippen LogP contribution is -2.33. The number of anilines is 2. The van der Waals surface area contributed by atoms with Crippen LogP contribution in [0.2, 0.25) is 0 Å². The molecule has 0 bridgehead atoms. The minimum atomic E-state index is -0.255. The third-order valence-electron chi connectivity index (χ3n) is 4.85. The SMILES string of the molecule is O=C1OCCN1c1cccc2c1CCN(c1nc3ccccc3o1)C2. The van der Waals surface area contributed by atoms with Crippen molar-refractivity contribution in [1.82, 2.24) is 4.98 Å². The van der Waals surface area contributed by atoms with Gasteiger partial charge in [0.15, 0.2) is 5.58 Å². The fourth-order valence-corrected chi connectivity index (χ4v) is 3.61. The Morgan fingerprint density at radius 3 is 2.80 bits per heavy atom. The lowest BCUT2D eigenvalue weighted by molar-refractivity contribution is 0.181. The largest absolute Gasteiger partial charge is 0.447 e. The van der Waals surface area contributed by atoms with Crippen LogP contribution >= 0.6 is 0 Å². The van der Waals surface area contributed by atoms with E-state index in [9.17, 15) is 4.79 Å². The Hall–Kier alpha value is -3.02. The molecule has 6 nitrogen and oxygen atoms in total. The number of fused-ring (bicyclic) bond motifs is 2. The van der Waals surface area contributed by atoms with Crippen LogP contribution in [0, 0.1) is 0 Å². The normalized spacial score (nSPS) is 17.0. The molecular formula is C19H17N3O3. The second-order valence-corrected chi connectivity index (χ2v) is 6.32. The first-order valence-corrected chi connectivity index (χ1v) is 8.45. The molecule has 1 fully saturated rings. The Balaban J connectivity index is 1.47. The van der Waals surface area contributed by atoms with E-state index in [0.717, 1.165) is 36.3 Å². The Bertz CT molecular complexity index is 932. The molecule has 0 unspecified atom stereocenters. The van der Waals surface area contributed by atoms with Gasteiger partial charge in [-0.2, -0.15) is 4.98 Å². The van der Waals surface area contributed by atoms with Crippen molar-refractivity contribution in [2.24, 2.45) is 0 Å². The number of carbonyl (C=O) groups excluding carboxylic acids is 1. The van der Waals surface area contributed by atoms with E-state index in [1.807, 2.05) is 36.4 Å². The Kier molecular flexibility index (Phi) is 3.16. The van der Waals surface area contributed by atoms with Crippen molar-refractivity contribution in [3.63, 3.8) is 0 Å². The third kappa shape index (κ3) is 2.33. The molecule has 0 spiro atoms. The molecule has 2 aliphatic heterocycles. The molecule has 25 heavy (non-hydrogen) atoms. The molecule has 0 atom stereocenters. The number of benzene rings is 2. The maximum Gasteiger partial charge on any atom is 0.414 e. The van der Waals surface area contributed by atoms with Gasteiger partial charge >= 0.3 is 6.09 Å². The van der Waals surface area contributed by atoms with Crippen LogP contribution in [0.4, 0.5) is 16.5 Å². The van der Waals surface area contributed by atoms with E-state index in [-0.39, 0.29) is 6.09 Å². The molecule has 1 aromatic heterocycles. The van der Waals surface area contributed by atoms with Gasteiger partial charge in [-0.15, -0.1) is 0 Å². The lowest BCUT2D eigenvalue weighted by atomic mass is 9.97. The van der Waals surface area contributed by atoms with Gasteiger partial charge in [0.2, 0.25) is 0 Å². The molecule has 1 amide bonds. The van der Waals surface area contributed by atoms with Gasteiger partial charge in [0, 0.05) is 13.1 Å². The van der Waals surface area contributed by atoms with E-state index in [0.29, 0.717) is 19.2 Å². The van der Waals surface area contributed by atoms with Crippen LogP contribution in [-0.4, -0.2) is 30.8 Å². The van der Waals surface area contributed by atoms with Crippen molar-refractivity contribution >= 4 is 28.9 Å². The fraction of sp³-hybridized carbons (Fsp3) is 0.263. The molecule has 1 saturated heterocycles. The first kappa shape index (κ1) is 14.3. The molecule has 3 heterocycles. The summed E-state index contributed by atoms with van der Waals surface area (Å²) in [5.41, 5.74) is 5.06. The van der Waals surface area contributed by atoms with Gasteiger partial charge in [0.1, 0.15) is 12.1 Å². The van der Waals surface area contributed by atoms with E-state index in [1.54, 1.807) is 4.90 Å². The van der Waals surface area contributed by atoms with E-state index < -0.39 is 0 Å². The van der Waals surface area contributed by atoms with Crippen molar-refractivity contribution in [3.8, 4) is 0 Å². The van der Waals surface area contributed by atoms with Gasteiger partial charge < -0.3 is 14.1 Å². The summed E-state index contributed by atoms with van der Waals surface area (Å²) in [6.07, 6.45) is 0.586. The number of ether oxygens (including phenoxy) is 1. The number of aromatic nitrogens is 1. The quantitative estimate of drug-likeness (QED) is 0.719. The Morgan fingerprint density at radius 2 is 1.96 bits per heavy atom. The standard InChI is InChI=1S/C19H17N3O3/c23-19-22(10-11-24-19)16-6-3-4-13-12-21(9-8-14(13)16)18-20-15-5-1-2-7-17(15)25-18/h1-7H,8-12H2. The van der Waals surface area contributed by atoms with Gasteiger partial charge in [0.25, 0.3) is 6.01 Å². The third-order valence-corrected chi connectivity index (χ3v) is 4.85. The molecule has 2 aromatic carbocycles. The predicted molar refractivity (Wildman–Crippen MR) is 93.9 cm³/mol. The second kappa shape index (κ2) is 5.51. The van der Waals surface area contributed by atoms with Crippen LogP contribution in [0.3, 0.4) is 0 Å². The summed E-state index contributed by atoms with van der Waals surface area (Å²) in [5, 5.41) is 0. The first-order chi connectivity index (χ1) is 12.3. The van der Waals surface area contributed by atoms with Crippen molar-refractivity contribution in [2.45, 2.75) is 13.0 Å². The van der Waals surface area contributed by atoms with Gasteiger partial charge in [-0.1, -0.05) is 24.3 Å². The highest BCUT2D eigenvalue weighted by molar-refractivity contribution is 5.90. The van der Waals surface area contributed by atoms with Crippen LogP contribution in [-0.2, 0) is 17.7 Å². The molecule has 0 saturated carbocycles. The van der Waals surface area contributed by atoms with Gasteiger partial charge in [0.05, 0.1) is 12.2 Å². The first-order valence-electron chi connectivity index (χ1n) is 8.45. The minimum Gasteiger partial charge on any atom is -0.447 e. The van der Waals surface area contributed by atoms with Gasteiger partial charge in [-0.3, -0.25) is 4.90 Å². The number of cyclic esters (lactones) is 1. The highest BCUT2D eigenvalue weighted by Gasteiger charge is 2.29. The Labute approximate surface area is 144 Å². The number of hydrogen-bond acceptors (Lipinski definition) is 5. The lowest BCUT2D eigenvalue weighted by Gasteiger charge is -2.30. The zero-order chi connectivity index (χ0) is 16.8.